The summed E-state index contributed by atoms with van der Waals surface area (Å²) >= 11 is 0. The number of aromatic nitrogens is 1. The zero-order chi connectivity index (χ0) is 19.4. The van der Waals surface area contributed by atoms with Gasteiger partial charge in [0.15, 0.2) is 0 Å². The first kappa shape index (κ1) is 18.9. The molecule has 6 nitrogen and oxygen atoms in total. The zero-order valence-corrected chi connectivity index (χ0v) is 16.2. The van der Waals surface area contributed by atoms with Gasteiger partial charge in [-0.2, -0.15) is 0 Å². The van der Waals surface area contributed by atoms with Gasteiger partial charge in [0.1, 0.15) is 6.61 Å². The Bertz CT molecular complexity index is 814. The van der Waals surface area contributed by atoms with E-state index in [-0.39, 0.29) is 18.1 Å². The molecule has 1 spiro atoms. The van der Waals surface area contributed by atoms with Gasteiger partial charge in [-0.1, -0.05) is 24.3 Å². The molecule has 0 radical (unpaired) electrons. The Morgan fingerprint density at radius 2 is 2.04 bits per heavy atom. The van der Waals surface area contributed by atoms with Gasteiger partial charge >= 0.3 is 0 Å². The van der Waals surface area contributed by atoms with E-state index >= 15 is 0 Å². The number of likely N-dealkylation sites (tertiary alicyclic amines) is 1. The van der Waals surface area contributed by atoms with E-state index in [1.807, 2.05) is 11.0 Å². The second-order valence-corrected chi connectivity index (χ2v) is 7.33. The van der Waals surface area contributed by atoms with Crippen LogP contribution in [0.3, 0.4) is 0 Å². The minimum atomic E-state index is -0.235. The molecule has 0 saturated carbocycles. The molecule has 148 valence electrons. The smallest absolute Gasteiger partial charge is 0.248 e. The summed E-state index contributed by atoms with van der Waals surface area (Å²) in [6.45, 7) is 2.58. The van der Waals surface area contributed by atoms with Crippen molar-refractivity contribution >= 4 is 5.91 Å². The lowest BCUT2D eigenvalue weighted by atomic mass is 9.79. The maximum Gasteiger partial charge on any atom is 0.248 e. The zero-order valence-electron chi connectivity index (χ0n) is 16.2. The summed E-state index contributed by atoms with van der Waals surface area (Å²) in [7, 11) is 1.58. The number of amides is 1. The molecule has 0 aliphatic carbocycles. The Morgan fingerprint density at radius 1 is 1.21 bits per heavy atom. The van der Waals surface area contributed by atoms with Crippen LogP contribution in [0.5, 0.6) is 5.88 Å². The van der Waals surface area contributed by atoms with Crippen molar-refractivity contribution in [2.75, 3.05) is 33.4 Å². The summed E-state index contributed by atoms with van der Waals surface area (Å²) in [5.41, 5.74) is 3.36. The highest BCUT2D eigenvalue weighted by molar-refractivity contribution is 5.77. The first-order valence-electron chi connectivity index (χ1n) is 9.77. The number of carbonyl (C=O) groups excluding carboxylic acids is 1. The van der Waals surface area contributed by atoms with Gasteiger partial charge in [-0.05, 0) is 42.0 Å². The van der Waals surface area contributed by atoms with Gasteiger partial charge in [0.2, 0.25) is 11.8 Å². The maximum absolute atomic E-state index is 12.5. The molecule has 1 fully saturated rings. The van der Waals surface area contributed by atoms with Crippen molar-refractivity contribution in [3.8, 4) is 5.88 Å². The maximum atomic E-state index is 12.5. The van der Waals surface area contributed by atoms with Gasteiger partial charge in [-0.25, -0.2) is 4.98 Å². The molecule has 6 heteroatoms. The normalized spacial score (nSPS) is 18.0. The van der Waals surface area contributed by atoms with Crippen molar-refractivity contribution in [2.45, 2.75) is 31.5 Å². The minimum absolute atomic E-state index is 0.0282. The number of hydrogen-bond acceptors (Lipinski definition) is 5. The summed E-state index contributed by atoms with van der Waals surface area (Å²) in [4.78, 5) is 18.6. The molecule has 1 amide bonds. The van der Waals surface area contributed by atoms with Gasteiger partial charge in [0.05, 0.1) is 25.9 Å². The van der Waals surface area contributed by atoms with E-state index in [4.69, 9.17) is 14.2 Å². The number of piperidine rings is 1. The number of pyridine rings is 1. The van der Waals surface area contributed by atoms with Gasteiger partial charge in [0.25, 0.3) is 0 Å². The lowest BCUT2D eigenvalue weighted by Crippen LogP contribution is -2.49. The molecule has 1 aromatic heterocycles. The van der Waals surface area contributed by atoms with Crippen LogP contribution in [0.2, 0.25) is 0 Å². The SMILES string of the molecule is COc1ccc(COCC(=O)N2CCC3(CC2)OCCc2ccccc23)cn1. The highest BCUT2D eigenvalue weighted by Crippen LogP contribution is 2.41. The number of carbonyl (C=O) groups is 1. The highest BCUT2D eigenvalue weighted by Gasteiger charge is 2.41. The Morgan fingerprint density at radius 3 is 2.79 bits per heavy atom. The number of fused-ring (bicyclic) bond motifs is 2. The van der Waals surface area contributed by atoms with Crippen LogP contribution in [0, 0.1) is 0 Å². The quantitative estimate of drug-likeness (QED) is 0.796. The second kappa shape index (κ2) is 8.29. The standard InChI is InChI=1S/C22H26N2O4/c1-26-20-7-6-17(14-23-20)15-27-16-21(25)24-11-9-22(10-12-24)19-5-3-2-4-18(19)8-13-28-22/h2-7,14H,8-13,15-16H2,1H3. The van der Waals surface area contributed by atoms with Crippen molar-refractivity contribution in [3.05, 3.63) is 59.3 Å². The number of ether oxygens (including phenoxy) is 3. The van der Waals surface area contributed by atoms with Crippen LogP contribution >= 0.6 is 0 Å². The topological polar surface area (TPSA) is 60.9 Å². The van der Waals surface area contributed by atoms with Crippen molar-refractivity contribution in [3.63, 3.8) is 0 Å². The van der Waals surface area contributed by atoms with E-state index in [2.05, 4.69) is 29.2 Å². The lowest BCUT2D eigenvalue weighted by molar-refractivity contribution is -0.145. The van der Waals surface area contributed by atoms with Crippen molar-refractivity contribution in [2.24, 2.45) is 0 Å². The van der Waals surface area contributed by atoms with Gasteiger partial charge in [0, 0.05) is 25.4 Å². The van der Waals surface area contributed by atoms with Crippen LogP contribution < -0.4 is 4.74 Å². The first-order chi connectivity index (χ1) is 13.7. The number of nitrogens with zero attached hydrogens (tertiary/aromatic N) is 2. The van der Waals surface area contributed by atoms with E-state index in [0.29, 0.717) is 25.6 Å². The second-order valence-electron chi connectivity index (χ2n) is 7.33. The summed E-state index contributed by atoms with van der Waals surface area (Å²) in [6, 6.07) is 12.2. The molecule has 4 rings (SSSR count). The number of methoxy groups -OCH3 is 1. The largest absolute Gasteiger partial charge is 0.481 e. The average Bonchev–Trinajstić information content (AvgIpc) is 2.75. The van der Waals surface area contributed by atoms with Crippen LogP contribution in [0.25, 0.3) is 0 Å². The van der Waals surface area contributed by atoms with Crippen molar-refractivity contribution in [1.29, 1.82) is 0 Å². The third kappa shape index (κ3) is 3.88. The number of hydrogen-bond donors (Lipinski definition) is 0. The molecule has 3 heterocycles. The fraction of sp³-hybridized carbons (Fsp3) is 0.455. The Labute approximate surface area is 165 Å². The van der Waals surface area contributed by atoms with Crippen LogP contribution in [0.15, 0.2) is 42.6 Å². The molecule has 1 aromatic carbocycles. The van der Waals surface area contributed by atoms with E-state index < -0.39 is 0 Å². The molecule has 0 bridgehead atoms. The Kier molecular flexibility index (Phi) is 5.59. The molecular weight excluding hydrogens is 356 g/mol. The Hall–Kier alpha value is -2.44. The molecule has 1 saturated heterocycles. The summed E-state index contributed by atoms with van der Waals surface area (Å²) in [6.07, 6.45) is 4.33. The van der Waals surface area contributed by atoms with Crippen molar-refractivity contribution in [1.82, 2.24) is 9.88 Å². The van der Waals surface area contributed by atoms with Crippen LogP contribution in [0.4, 0.5) is 0 Å². The summed E-state index contributed by atoms with van der Waals surface area (Å²) < 4.78 is 16.9. The fourth-order valence-electron chi connectivity index (χ4n) is 4.11. The summed E-state index contributed by atoms with van der Waals surface area (Å²) in [5, 5.41) is 0. The van der Waals surface area contributed by atoms with E-state index in [1.54, 1.807) is 19.4 Å². The molecule has 2 aliphatic heterocycles. The van der Waals surface area contributed by atoms with E-state index in [9.17, 15) is 4.79 Å². The third-order valence-electron chi connectivity index (χ3n) is 5.68. The van der Waals surface area contributed by atoms with Crippen LogP contribution in [0.1, 0.15) is 29.5 Å². The first-order valence-corrected chi connectivity index (χ1v) is 9.77. The number of rotatable bonds is 5. The van der Waals surface area contributed by atoms with Gasteiger partial charge < -0.3 is 19.1 Å². The highest BCUT2D eigenvalue weighted by atomic mass is 16.5. The average molecular weight is 382 g/mol. The third-order valence-corrected chi connectivity index (χ3v) is 5.68. The summed E-state index contributed by atoms with van der Waals surface area (Å²) in [5.74, 6) is 0.592. The van der Waals surface area contributed by atoms with Crippen LogP contribution in [-0.2, 0) is 32.9 Å². The number of benzene rings is 1. The predicted molar refractivity (Wildman–Crippen MR) is 104 cm³/mol. The van der Waals surface area contributed by atoms with Crippen LogP contribution in [-0.4, -0.2) is 49.2 Å². The molecule has 0 unspecified atom stereocenters. The molecule has 2 aromatic rings. The fourth-order valence-corrected chi connectivity index (χ4v) is 4.11. The molecule has 28 heavy (non-hydrogen) atoms. The van der Waals surface area contributed by atoms with Gasteiger partial charge in [-0.15, -0.1) is 0 Å². The van der Waals surface area contributed by atoms with Gasteiger partial charge in [-0.3, -0.25) is 4.79 Å². The molecular formula is C22H26N2O4. The van der Waals surface area contributed by atoms with E-state index in [0.717, 1.165) is 31.4 Å². The molecule has 0 atom stereocenters. The van der Waals surface area contributed by atoms with E-state index in [1.165, 1.54) is 11.1 Å². The lowest BCUT2D eigenvalue weighted by Gasteiger charge is -2.45. The Balaban J connectivity index is 1.28. The minimum Gasteiger partial charge on any atom is -0.481 e. The predicted octanol–water partition coefficient (Wildman–Crippen LogP) is 2.70. The monoisotopic (exact) mass is 382 g/mol. The van der Waals surface area contributed by atoms with Crippen molar-refractivity contribution < 1.29 is 19.0 Å². The molecule has 0 N–H and O–H groups in total. The molecule has 2 aliphatic rings.